The zero-order chi connectivity index (χ0) is 15.2. The zero-order valence-corrected chi connectivity index (χ0v) is 12.9. The first-order valence-corrected chi connectivity index (χ1v) is 8.20. The maximum atomic E-state index is 12.4. The Hall–Kier alpha value is -1.46. The maximum absolute atomic E-state index is 12.4. The Kier molecular flexibility index (Phi) is 5.40. The van der Waals surface area contributed by atoms with Crippen molar-refractivity contribution in [3.63, 3.8) is 0 Å². The predicted molar refractivity (Wildman–Crippen MR) is 82.2 cm³/mol. The minimum absolute atomic E-state index is 0.0714. The fraction of sp³-hybridized carbons (Fsp3) is 0.647. The van der Waals surface area contributed by atoms with Crippen molar-refractivity contribution < 1.29 is 14.3 Å². The standard InChI is InChI=1S/C17H24N2O3/c20-17(13-21-12-16-5-1-2-9-22-16)19(15-6-7-15)11-14-4-3-8-18-10-14/h3-4,8,10,15-16H,1-2,5-7,9,11-13H2/t16-/m0/s1. The van der Waals surface area contributed by atoms with Crippen LogP contribution in [-0.2, 0) is 20.8 Å². The lowest BCUT2D eigenvalue weighted by Gasteiger charge is -2.24. The highest BCUT2D eigenvalue weighted by Crippen LogP contribution is 2.28. The average molecular weight is 304 g/mol. The average Bonchev–Trinajstić information content (AvgIpc) is 3.39. The van der Waals surface area contributed by atoms with Crippen LogP contribution in [0.25, 0.3) is 0 Å². The summed E-state index contributed by atoms with van der Waals surface area (Å²) < 4.78 is 11.2. The maximum Gasteiger partial charge on any atom is 0.249 e. The number of nitrogens with zero attached hydrogens (tertiary/aromatic N) is 2. The Balaban J connectivity index is 1.45. The van der Waals surface area contributed by atoms with Gasteiger partial charge in [-0.3, -0.25) is 9.78 Å². The van der Waals surface area contributed by atoms with Gasteiger partial charge >= 0.3 is 0 Å². The van der Waals surface area contributed by atoms with Crippen LogP contribution in [0.5, 0.6) is 0 Å². The van der Waals surface area contributed by atoms with Crippen molar-refractivity contribution >= 4 is 5.91 Å². The first kappa shape index (κ1) is 15.4. The molecule has 2 heterocycles. The van der Waals surface area contributed by atoms with Gasteiger partial charge in [0, 0.05) is 31.6 Å². The third kappa shape index (κ3) is 4.52. The smallest absolute Gasteiger partial charge is 0.249 e. The molecule has 3 rings (SSSR count). The summed E-state index contributed by atoms with van der Waals surface area (Å²) in [7, 11) is 0. The second-order valence-corrected chi connectivity index (χ2v) is 6.12. The molecule has 1 aliphatic carbocycles. The van der Waals surface area contributed by atoms with Crippen LogP contribution in [0.2, 0.25) is 0 Å². The summed E-state index contributed by atoms with van der Waals surface area (Å²) in [6.07, 6.45) is 9.28. The second-order valence-electron chi connectivity index (χ2n) is 6.12. The predicted octanol–water partition coefficient (Wildman–Crippen LogP) is 2.16. The van der Waals surface area contributed by atoms with Crippen molar-refractivity contribution in [2.24, 2.45) is 0 Å². The van der Waals surface area contributed by atoms with Gasteiger partial charge in [0.25, 0.3) is 0 Å². The van der Waals surface area contributed by atoms with Gasteiger partial charge in [-0.15, -0.1) is 0 Å². The normalized spacial score (nSPS) is 21.5. The number of ether oxygens (including phenoxy) is 2. The van der Waals surface area contributed by atoms with Gasteiger partial charge in [0.05, 0.1) is 12.7 Å². The first-order valence-electron chi connectivity index (χ1n) is 8.20. The van der Waals surface area contributed by atoms with Crippen LogP contribution in [0.3, 0.4) is 0 Å². The van der Waals surface area contributed by atoms with Gasteiger partial charge in [0.15, 0.2) is 0 Å². The van der Waals surface area contributed by atoms with Crippen molar-refractivity contribution in [1.29, 1.82) is 0 Å². The van der Waals surface area contributed by atoms with Gasteiger partial charge in [0.1, 0.15) is 6.61 Å². The van der Waals surface area contributed by atoms with Gasteiger partial charge < -0.3 is 14.4 Å². The Morgan fingerprint density at radius 1 is 1.36 bits per heavy atom. The molecular weight excluding hydrogens is 280 g/mol. The van der Waals surface area contributed by atoms with Crippen molar-refractivity contribution in [2.45, 2.75) is 50.8 Å². The van der Waals surface area contributed by atoms with Gasteiger partial charge in [0.2, 0.25) is 5.91 Å². The molecule has 0 radical (unpaired) electrons. The summed E-state index contributed by atoms with van der Waals surface area (Å²) in [6.45, 7) is 2.12. The third-order valence-electron chi connectivity index (χ3n) is 4.19. The molecule has 2 fully saturated rings. The summed E-state index contributed by atoms with van der Waals surface area (Å²) in [5.74, 6) is 0.0714. The molecule has 0 unspecified atom stereocenters. The molecule has 0 aromatic carbocycles. The van der Waals surface area contributed by atoms with Crippen molar-refractivity contribution in [2.75, 3.05) is 19.8 Å². The summed E-state index contributed by atoms with van der Waals surface area (Å²) in [6, 6.07) is 4.29. The molecule has 1 aromatic heterocycles. The van der Waals surface area contributed by atoms with Crippen LogP contribution in [0.4, 0.5) is 0 Å². The molecule has 22 heavy (non-hydrogen) atoms. The summed E-state index contributed by atoms with van der Waals surface area (Å²) in [4.78, 5) is 18.5. The number of hydrogen-bond donors (Lipinski definition) is 0. The number of rotatable bonds is 7. The molecule has 0 bridgehead atoms. The fourth-order valence-electron chi connectivity index (χ4n) is 2.79. The number of pyridine rings is 1. The van der Waals surface area contributed by atoms with Crippen LogP contribution in [0.1, 0.15) is 37.7 Å². The van der Waals surface area contributed by atoms with E-state index in [4.69, 9.17) is 9.47 Å². The summed E-state index contributed by atoms with van der Waals surface area (Å²) in [5.41, 5.74) is 1.07. The quantitative estimate of drug-likeness (QED) is 0.774. The van der Waals surface area contributed by atoms with E-state index in [2.05, 4.69) is 4.98 Å². The molecule has 1 atom stereocenters. The van der Waals surface area contributed by atoms with Gasteiger partial charge in [-0.25, -0.2) is 0 Å². The number of carbonyl (C=O) groups excluding carboxylic acids is 1. The van der Waals surface area contributed by atoms with E-state index in [1.165, 1.54) is 6.42 Å². The summed E-state index contributed by atoms with van der Waals surface area (Å²) in [5, 5.41) is 0. The molecule has 1 saturated carbocycles. The number of amides is 1. The lowest BCUT2D eigenvalue weighted by Crippen LogP contribution is -2.36. The molecule has 2 aliphatic rings. The van der Waals surface area contributed by atoms with Crippen molar-refractivity contribution in [3.05, 3.63) is 30.1 Å². The zero-order valence-electron chi connectivity index (χ0n) is 12.9. The Bertz CT molecular complexity index is 470. The number of hydrogen-bond acceptors (Lipinski definition) is 4. The highest BCUT2D eigenvalue weighted by Gasteiger charge is 2.32. The molecule has 1 aromatic rings. The van der Waals surface area contributed by atoms with Crippen molar-refractivity contribution in [1.82, 2.24) is 9.88 Å². The van der Waals surface area contributed by atoms with E-state index in [-0.39, 0.29) is 18.6 Å². The molecular formula is C17H24N2O3. The van der Waals surface area contributed by atoms with Gasteiger partial charge in [-0.05, 0) is 43.7 Å². The molecule has 1 amide bonds. The second kappa shape index (κ2) is 7.70. The van der Waals surface area contributed by atoms with E-state index in [1.54, 1.807) is 6.20 Å². The van der Waals surface area contributed by atoms with Crippen LogP contribution in [0.15, 0.2) is 24.5 Å². The van der Waals surface area contributed by atoms with E-state index in [0.717, 1.165) is 37.9 Å². The van der Waals surface area contributed by atoms with E-state index >= 15 is 0 Å². The van der Waals surface area contributed by atoms with Crippen LogP contribution >= 0.6 is 0 Å². The SMILES string of the molecule is O=C(COC[C@@H]1CCCCO1)N(Cc1cccnc1)C1CC1. The first-order chi connectivity index (χ1) is 10.8. The summed E-state index contributed by atoms with van der Waals surface area (Å²) >= 11 is 0. The highest BCUT2D eigenvalue weighted by molar-refractivity contribution is 5.78. The lowest BCUT2D eigenvalue weighted by molar-refractivity contribution is -0.139. The van der Waals surface area contributed by atoms with Crippen molar-refractivity contribution in [3.8, 4) is 0 Å². The molecule has 0 spiro atoms. The molecule has 0 N–H and O–H groups in total. The van der Waals surface area contributed by atoms with Gasteiger partial charge in [-0.2, -0.15) is 0 Å². The molecule has 120 valence electrons. The third-order valence-corrected chi connectivity index (χ3v) is 4.19. The molecule has 5 nitrogen and oxygen atoms in total. The number of carbonyl (C=O) groups is 1. The largest absolute Gasteiger partial charge is 0.376 e. The van der Waals surface area contributed by atoms with E-state index < -0.39 is 0 Å². The topological polar surface area (TPSA) is 51.7 Å². The van der Waals surface area contributed by atoms with E-state index in [1.807, 2.05) is 23.2 Å². The van der Waals surface area contributed by atoms with Crippen LogP contribution in [0, 0.1) is 0 Å². The Morgan fingerprint density at radius 3 is 2.95 bits per heavy atom. The molecule has 5 heteroatoms. The molecule has 1 saturated heterocycles. The number of aromatic nitrogens is 1. The fourth-order valence-corrected chi connectivity index (χ4v) is 2.79. The van der Waals surface area contributed by atoms with Gasteiger partial charge in [-0.1, -0.05) is 6.07 Å². The minimum atomic E-state index is 0.0714. The Labute approximate surface area is 131 Å². The van der Waals surface area contributed by atoms with Crippen LogP contribution in [-0.4, -0.2) is 47.8 Å². The highest BCUT2D eigenvalue weighted by atomic mass is 16.5. The minimum Gasteiger partial charge on any atom is -0.376 e. The monoisotopic (exact) mass is 304 g/mol. The van der Waals surface area contributed by atoms with E-state index in [9.17, 15) is 4.79 Å². The Morgan fingerprint density at radius 2 is 2.27 bits per heavy atom. The lowest BCUT2D eigenvalue weighted by atomic mass is 10.1. The van der Waals surface area contributed by atoms with Crippen LogP contribution < -0.4 is 0 Å². The van der Waals surface area contributed by atoms with E-state index in [0.29, 0.717) is 19.2 Å². The molecule has 1 aliphatic heterocycles.